The van der Waals surface area contributed by atoms with Crippen LogP contribution >= 0.6 is 0 Å². The summed E-state index contributed by atoms with van der Waals surface area (Å²) in [5.74, 6) is 0.647. The van der Waals surface area contributed by atoms with Gasteiger partial charge in [0.15, 0.2) is 11.5 Å². The van der Waals surface area contributed by atoms with Crippen LogP contribution in [-0.4, -0.2) is 30.1 Å². The Morgan fingerprint density at radius 2 is 1.76 bits per heavy atom. The van der Waals surface area contributed by atoms with E-state index in [0.717, 1.165) is 0 Å². The van der Waals surface area contributed by atoms with E-state index in [-0.39, 0.29) is 24.3 Å². The van der Waals surface area contributed by atoms with Gasteiger partial charge in [-0.1, -0.05) is 30.3 Å². The molecule has 1 N–H and O–H groups in total. The zero-order chi connectivity index (χ0) is 17.4. The minimum absolute atomic E-state index is 0.178. The number of benzene rings is 2. The molecule has 0 aromatic heterocycles. The van der Waals surface area contributed by atoms with Crippen molar-refractivity contribution in [3.8, 4) is 11.5 Å². The van der Waals surface area contributed by atoms with E-state index in [1.54, 1.807) is 25.1 Å². The molecule has 0 fully saturated rings. The number of fused-ring (bicyclic) bond motifs is 1. The summed E-state index contributed by atoms with van der Waals surface area (Å²) < 4.78 is 10.7. The first kappa shape index (κ1) is 15.3. The molecule has 0 aliphatic carbocycles. The Kier molecular flexibility index (Phi) is 3.65. The van der Waals surface area contributed by atoms with Crippen LogP contribution in [0.4, 0.5) is 5.69 Å². The molecule has 126 valence electrons. The van der Waals surface area contributed by atoms with E-state index in [9.17, 15) is 9.59 Å². The normalized spacial score (nSPS) is 16.0. The third kappa shape index (κ3) is 2.52. The van der Waals surface area contributed by atoms with E-state index in [1.807, 2.05) is 30.3 Å². The monoisotopic (exact) mass is 336 g/mol. The molecule has 2 aromatic rings. The molecule has 0 unspecified atom stereocenters. The van der Waals surface area contributed by atoms with Crippen LogP contribution in [0.15, 0.2) is 54.2 Å². The Morgan fingerprint density at radius 3 is 2.52 bits per heavy atom. The number of anilines is 1. The smallest absolute Gasteiger partial charge is 0.278 e. The SMILES string of the molecule is CCN1C(=O)C(Nc2ccc3c(c2)OCO3)=C(c2ccccc2)C1=O. The van der Waals surface area contributed by atoms with Gasteiger partial charge in [0, 0.05) is 18.3 Å². The van der Waals surface area contributed by atoms with Gasteiger partial charge in [0.1, 0.15) is 5.70 Å². The number of nitrogens with zero attached hydrogens (tertiary/aromatic N) is 1. The number of carbonyl (C=O) groups is 2. The van der Waals surface area contributed by atoms with Crippen LogP contribution in [0.5, 0.6) is 11.5 Å². The summed E-state index contributed by atoms with van der Waals surface area (Å²) >= 11 is 0. The van der Waals surface area contributed by atoms with E-state index in [2.05, 4.69) is 5.32 Å². The van der Waals surface area contributed by atoms with Crippen molar-refractivity contribution in [3.05, 3.63) is 59.8 Å². The van der Waals surface area contributed by atoms with Crippen LogP contribution in [0.2, 0.25) is 0 Å². The van der Waals surface area contributed by atoms with Crippen molar-refractivity contribution in [2.24, 2.45) is 0 Å². The highest BCUT2D eigenvalue weighted by atomic mass is 16.7. The third-order valence-corrected chi connectivity index (χ3v) is 4.19. The Hall–Kier alpha value is -3.28. The van der Waals surface area contributed by atoms with Gasteiger partial charge in [-0.05, 0) is 24.6 Å². The third-order valence-electron chi connectivity index (χ3n) is 4.19. The minimum Gasteiger partial charge on any atom is -0.454 e. The van der Waals surface area contributed by atoms with Crippen molar-refractivity contribution in [2.75, 3.05) is 18.7 Å². The second-order valence-corrected chi connectivity index (χ2v) is 5.66. The highest BCUT2D eigenvalue weighted by molar-refractivity contribution is 6.36. The topological polar surface area (TPSA) is 67.9 Å². The van der Waals surface area contributed by atoms with Crippen LogP contribution in [0.1, 0.15) is 12.5 Å². The lowest BCUT2D eigenvalue weighted by Crippen LogP contribution is -2.32. The lowest BCUT2D eigenvalue weighted by molar-refractivity contribution is -0.136. The summed E-state index contributed by atoms with van der Waals surface area (Å²) in [6.07, 6.45) is 0. The van der Waals surface area contributed by atoms with Crippen LogP contribution in [0.3, 0.4) is 0 Å². The van der Waals surface area contributed by atoms with Gasteiger partial charge in [0.05, 0.1) is 5.57 Å². The molecule has 2 heterocycles. The van der Waals surface area contributed by atoms with E-state index >= 15 is 0 Å². The van der Waals surface area contributed by atoms with E-state index in [0.29, 0.717) is 34.9 Å². The molecule has 4 rings (SSSR count). The average molecular weight is 336 g/mol. The van der Waals surface area contributed by atoms with Crippen molar-refractivity contribution >= 4 is 23.1 Å². The van der Waals surface area contributed by atoms with Crippen molar-refractivity contribution in [2.45, 2.75) is 6.92 Å². The Labute approximate surface area is 144 Å². The summed E-state index contributed by atoms with van der Waals surface area (Å²) in [5.41, 5.74) is 2.02. The highest BCUT2D eigenvalue weighted by Gasteiger charge is 2.38. The first-order valence-corrected chi connectivity index (χ1v) is 8.01. The Morgan fingerprint density at radius 1 is 1.00 bits per heavy atom. The summed E-state index contributed by atoms with van der Waals surface area (Å²) in [5, 5.41) is 3.10. The average Bonchev–Trinajstić information content (AvgIpc) is 3.18. The molecule has 2 aliphatic heterocycles. The van der Waals surface area contributed by atoms with Gasteiger partial charge in [0.2, 0.25) is 6.79 Å². The van der Waals surface area contributed by atoms with Gasteiger partial charge in [-0.3, -0.25) is 14.5 Å². The molecule has 0 saturated heterocycles. The molecule has 0 spiro atoms. The second kappa shape index (κ2) is 5.98. The Balaban J connectivity index is 1.76. The molecule has 0 radical (unpaired) electrons. The van der Waals surface area contributed by atoms with Crippen LogP contribution in [0.25, 0.3) is 5.57 Å². The molecule has 25 heavy (non-hydrogen) atoms. The van der Waals surface area contributed by atoms with Gasteiger partial charge >= 0.3 is 0 Å². The number of carbonyl (C=O) groups excluding carboxylic acids is 2. The molecule has 2 aliphatic rings. The molecule has 6 nitrogen and oxygen atoms in total. The van der Waals surface area contributed by atoms with E-state index in [4.69, 9.17) is 9.47 Å². The molecule has 6 heteroatoms. The van der Waals surface area contributed by atoms with Crippen molar-refractivity contribution < 1.29 is 19.1 Å². The van der Waals surface area contributed by atoms with Crippen LogP contribution in [-0.2, 0) is 9.59 Å². The lowest BCUT2D eigenvalue weighted by atomic mass is 10.0. The minimum atomic E-state index is -0.330. The fourth-order valence-electron chi connectivity index (χ4n) is 2.97. The van der Waals surface area contributed by atoms with Crippen molar-refractivity contribution in [1.82, 2.24) is 4.90 Å². The first-order chi connectivity index (χ1) is 12.2. The molecule has 0 saturated carbocycles. The van der Waals surface area contributed by atoms with Crippen LogP contribution in [0, 0.1) is 0 Å². The quantitative estimate of drug-likeness (QED) is 0.870. The zero-order valence-corrected chi connectivity index (χ0v) is 13.6. The van der Waals surface area contributed by atoms with Gasteiger partial charge in [-0.25, -0.2) is 0 Å². The second-order valence-electron chi connectivity index (χ2n) is 5.66. The number of rotatable bonds is 4. The van der Waals surface area contributed by atoms with Crippen molar-refractivity contribution in [1.29, 1.82) is 0 Å². The standard InChI is InChI=1S/C19H16N2O4/c1-2-21-18(22)16(12-6-4-3-5-7-12)17(19(21)23)20-13-8-9-14-15(10-13)25-11-24-14/h3-10,20H,2,11H2,1H3. The number of hydrogen-bond acceptors (Lipinski definition) is 5. The fourth-order valence-corrected chi connectivity index (χ4v) is 2.97. The first-order valence-electron chi connectivity index (χ1n) is 8.01. The maximum absolute atomic E-state index is 12.7. The largest absolute Gasteiger partial charge is 0.454 e. The number of hydrogen-bond donors (Lipinski definition) is 1. The summed E-state index contributed by atoms with van der Waals surface area (Å²) in [4.78, 5) is 26.6. The highest BCUT2D eigenvalue weighted by Crippen LogP contribution is 2.36. The number of likely N-dealkylation sites (N-methyl/N-ethyl adjacent to an activating group) is 1. The maximum Gasteiger partial charge on any atom is 0.278 e. The molecule has 0 bridgehead atoms. The predicted octanol–water partition coefficient (Wildman–Crippen LogP) is 2.63. The zero-order valence-electron chi connectivity index (χ0n) is 13.6. The van der Waals surface area contributed by atoms with Gasteiger partial charge in [-0.15, -0.1) is 0 Å². The van der Waals surface area contributed by atoms with E-state index in [1.165, 1.54) is 4.90 Å². The summed E-state index contributed by atoms with van der Waals surface area (Å²) in [6, 6.07) is 14.5. The predicted molar refractivity (Wildman–Crippen MR) is 91.9 cm³/mol. The molecular weight excluding hydrogens is 320 g/mol. The summed E-state index contributed by atoms with van der Waals surface area (Å²) in [7, 11) is 0. The Bertz CT molecular complexity index is 890. The number of ether oxygens (including phenoxy) is 2. The van der Waals surface area contributed by atoms with Gasteiger partial charge in [-0.2, -0.15) is 0 Å². The molecular formula is C19H16N2O4. The molecule has 2 aromatic carbocycles. The van der Waals surface area contributed by atoms with E-state index < -0.39 is 0 Å². The van der Waals surface area contributed by atoms with Gasteiger partial charge < -0.3 is 14.8 Å². The van der Waals surface area contributed by atoms with Gasteiger partial charge in [0.25, 0.3) is 11.8 Å². The van der Waals surface area contributed by atoms with Crippen LogP contribution < -0.4 is 14.8 Å². The fraction of sp³-hybridized carbons (Fsp3) is 0.158. The summed E-state index contributed by atoms with van der Waals surface area (Å²) in [6.45, 7) is 2.28. The number of amides is 2. The molecule has 2 amide bonds. The number of imide groups is 1. The maximum atomic E-state index is 12.7. The van der Waals surface area contributed by atoms with Crippen molar-refractivity contribution in [3.63, 3.8) is 0 Å². The number of nitrogens with one attached hydrogen (secondary N) is 1. The lowest BCUT2D eigenvalue weighted by Gasteiger charge is -2.12. The molecule has 0 atom stereocenters.